The molecule has 3 aromatic rings. The molecule has 2 N–H and O–H groups in total. The van der Waals surface area contributed by atoms with E-state index < -0.39 is 0 Å². The van der Waals surface area contributed by atoms with Crippen LogP contribution in [-0.4, -0.2) is 44.7 Å². The molecule has 0 saturated carbocycles. The number of carbonyl (C=O) groups is 2. The number of anilines is 1. The third kappa shape index (κ3) is 3.69. The molecule has 1 spiro atoms. The van der Waals surface area contributed by atoms with Crippen LogP contribution in [0.1, 0.15) is 39.3 Å². The molecule has 9 heteroatoms. The molecule has 2 aliphatic rings. The molecule has 1 fully saturated rings. The molecular weight excluding hydrogens is 412 g/mol. The van der Waals surface area contributed by atoms with Crippen molar-refractivity contribution in [2.24, 2.45) is 5.41 Å². The topological polar surface area (TPSA) is 92.2 Å². The summed E-state index contributed by atoms with van der Waals surface area (Å²) in [6, 6.07) is 12.6. The highest BCUT2D eigenvalue weighted by Crippen LogP contribution is 2.47. The number of para-hydroxylation sites is 1. The highest BCUT2D eigenvalue weighted by atomic mass is 32.1. The van der Waals surface area contributed by atoms with Crippen LogP contribution in [0.25, 0.3) is 0 Å². The zero-order valence-corrected chi connectivity index (χ0v) is 18.1. The van der Waals surface area contributed by atoms with E-state index in [4.69, 9.17) is 0 Å². The van der Waals surface area contributed by atoms with Gasteiger partial charge in [0, 0.05) is 35.6 Å². The summed E-state index contributed by atoms with van der Waals surface area (Å²) < 4.78 is 1.85. The Labute approximate surface area is 184 Å². The molecule has 1 saturated heterocycles. The summed E-state index contributed by atoms with van der Waals surface area (Å²) in [6.07, 6.45) is 3.17. The lowest BCUT2D eigenvalue weighted by Crippen LogP contribution is -2.49. The minimum absolute atomic E-state index is 0.0644. The monoisotopic (exact) mass is 436 g/mol. The number of urea groups is 1. The number of hydrogen-bond donors (Lipinski definition) is 2. The molecule has 1 aromatic carbocycles. The van der Waals surface area contributed by atoms with Gasteiger partial charge in [0.05, 0.1) is 10.9 Å². The van der Waals surface area contributed by atoms with Gasteiger partial charge in [-0.1, -0.05) is 18.2 Å². The Morgan fingerprint density at radius 1 is 1.13 bits per heavy atom. The van der Waals surface area contributed by atoms with E-state index in [2.05, 4.69) is 20.7 Å². The fourth-order valence-electron chi connectivity index (χ4n) is 4.67. The minimum Gasteiger partial charge on any atom is -0.337 e. The normalized spacial score (nSPS) is 22.4. The van der Waals surface area contributed by atoms with Crippen LogP contribution in [0, 0.1) is 12.3 Å². The second-order valence-corrected chi connectivity index (χ2v) is 9.53. The first kappa shape index (κ1) is 19.7. The lowest BCUT2D eigenvalue weighted by molar-refractivity contribution is 0.0739. The summed E-state index contributed by atoms with van der Waals surface area (Å²) >= 11 is 1.52. The van der Waals surface area contributed by atoms with Crippen LogP contribution in [0.5, 0.6) is 0 Å². The summed E-state index contributed by atoms with van der Waals surface area (Å²) in [7, 11) is 0. The second kappa shape index (κ2) is 7.81. The van der Waals surface area contributed by atoms with E-state index in [-0.39, 0.29) is 23.4 Å². The van der Waals surface area contributed by atoms with E-state index in [1.54, 1.807) is 0 Å². The average Bonchev–Trinajstić information content (AvgIpc) is 3.51. The third-order valence-corrected chi connectivity index (χ3v) is 7.26. The molecule has 0 bridgehead atoms. The number of hydrogen-bond acceptors (Lipinski definition) is 5. The van der Waals surface area contributed by atoms with E-state index in [9.17, 15) is 9.59 Å². The number of rotatable bonds is 3. The van der Waals surface area contributed by atoms with Crippen molar-refractivity contribution in [1.29, 1.82) is 0 Å². The van der Waals surface area contributed by atoms with Gasteiger partial charge in [-0.2, -0.15) is 5.10 Å². The van der Waals surface area contributed by atoms with Crippen molar-refractivity contribution in [1.82, 2.24) is 25.0 Å². The molecule has 160 valence electrons. The quantitative estimate of drug-likeness (QED) is 0.658. The second-order valence-electron chi connectivity index (χ2n) is 8.24. The van der Waals surface area contributed by atoms with Crippen molar-refractivity contribution in [3.63, 3.8) is 0 Å². The standard InChI is InChI=1S/C22H24N6O2S/c1-15-7-8-17(31-15)20(29)27-11-9-22(13-27)10-12-28-19(23-14-24-28)18(22)26-21(30)25-16-5-3-2-4-6-16/h2-8,14,18H,9-13H2,1H3,(H2,25,26,30)/t18-,22+/m1/s1. The Kier molecular flexibility index (Phi) is 4.97. The van der Waals surface area contributed by atoms with Gasteiger partial charge in [-0.25, -0.2) is 14.5 Å². The van der Waals surface area contributed by atoms with Gasteiger partial charge in [0.25, 0.3) is 5.91 Å². The Morgan fingerprint density at radius 3 is 2.71 bits per heavy atom. The maximum atomic E-state index is 13.1. The zero-order chi connectivity index (χ0) is 21.4. The summed E-state index contributed by atoms with van der Waals surface area (Å²) in [4.78, 5) is 34.2. The zero-order valence-electron chi connectivity index (χ0n) is 17.2. The van der Waals surface area contributed by atoms with E-state index in [0.29, 0.717) is 13.1 Å². The summed E-state index contributed by atoms with van der Waals surface area (Å²) in [5.41, 5.74) is 0.460. The number of thiophene rings is 1. The van der Waals surface area contributed by atoms with Crippen molar-refractivity contribution in [2.75, 3.05) is 18.4 Å². The highest BCUT2D eigenvalue weighted by Gasteiger charge is 2.51. The fraction of sp³-hybridized carbons (Fsp3) is 0.364. The molecular formula is C22H24N6O2S. The number of nitrogens with zero attached hydrogens (tertiary/aromatic N) is 4. The highest BCUT2D eigenvalue weighted by molar-refractivity contribution is 7.13. The SMILES string of the molecule is Cc1ccc(C(=O)N2CC[C@]3(CCn4ncnc4[C@H]3NC(=O)Nc3ccccc3)C2)s1. The summed E-state index contributed by atoms with van der Waals surface area (Å²) in [6.45, 7) is 3.99. The lowest BCUT2D eigenvalue weighted by atomic mass is 9.74. The maximum Gasteiger partial charge on any atom is 0.319 e. The smallest absolute Gasteiger partial charge is 0.319 e. The first-order valence-electron chi connectivity index (χ1n) is 10.4. The van der Waals surface area contributed by atoms with E-state index >= 15 is 0 Å². The molecule has 2 atom stereocenters. The predicted molar refractivity (Wildman–Crippen MR) is 118 cm³/mol. The van der Waals surface area contributed by atoms with Gasteiger partial charge in [-0.3, -0.25) is 4.79 Å². The number of aryl methyl sites for hydroxylation is 2. The molecule has 2 aromatic heterocycles. The van der Waals surface area contributed by atoms with Crippen molar-refractivity contribution in [3.05, 3.63) is 64.4 Å². The van der Waals surface area contributed by atoms with Gasteiger partial charge in [-0.15, -0.1) is 11.3 Å². The van der Waals surface area contributed by atoms with Crippen molar-refractivity contribution < 1.29 is 9.59 Å². The van der Waals surface area contributed by atoms with Crippen LogP contribution in [0.3, 0.4) is 0 Å². The molecule has 5 rings (SSSR count). The van der Waals surface area contributed by atoms with E-state index in [1.807, 2.05) is 59.0 Å². The minimum atomic E-state index is -0.324. The van der Waals surface area contributed by atoms with Crippen LogP contribution in [0.2, 0.25) is 0 Å². The molecule has 0 aliphatic carbocycles. The maximum absolute atomic E-state index is 13.1. The molecule has 8 nitrogen and oxygen atoms in total. The number of aromatic nitrogens is 3. The Morgan fingerprint density at radius 2 is 1.94 bits per heavy atom. The predicted octanol–water partition coefficient (Wildman–Crippen LogP) is 3.45. The first-order chi connectivity index (χ1) is 15.0. The Bertz CT molecular complexity index is 1110. The average molecular weight is 437 g/mol. The van der Waals surface area contributed by atoms with Gasteiger partial charge in [-0.05, 0) is 44.0 Å². The van der Waals surface area contributed by atoms with Crippen LogP contribution in [0.4, 0.5) is 10.5 Å². The van der Waals surface area contributed by atoms with Crippen molar-refractivity contribution in [2.45, 2.75) is 32.4 Å². The van der Waals surface area contributed by atoms with Crippen molar-refractivity contribution in [3.8, 4) is 0 Å². The number of amides is 3. The van der Waals surface area contributed by atoms with Crippen LogP contribution in [0.15, 0.2) is 48.8 Å². The molecule has 0 radical (unpaired) electrons. The Balaban J connectivity index is 1.38. The molecule has 3 amide bonds. The van der Waals surface area contributed by atoms with Gasteiger partial charge >= 0.3 is 6.03 Å². The van der Waals surface area contributed by atoms with Gasteiger partial charge in [0.1, 0.15) is 12.2 Å². The van der Waals surface area contributed by atoms with Gasteiger partial charge in [0.15, 0.2) is 0 Å². The Hall–Kier alpha value is -3.20. The number of likely N-dealkylation sites (tertiary alicyclic amines) is 1. The lowest BCUT2D eigenvalue weighted by Gasteiger charge is -2.40. The third-order valence-electron chi connectivity index (χ3n) is 6.27. The molecule has 31 heavy (non-hydrogen) atoms. The fourth-order valence-corrected chi connectivity index (χ4v) is 5.50. The largest absolute Gasteiger partial charge is 0.337 e. The van der Waals surface area contributed by atoms with Gasteiger partial charge in [0.2, 0.25) is 0 Å². The van der Waals surface area contributed by atoms with Crippen molar-refractivity contribution >= 4 is 29.0 Å². The van der Waals surface area contributed by atoms with Crippen LogP contribution >= 0.6 is 11.3 Å². The number of fused-ring (bicyclic) bond motifs is 1. The molecule has 2 aliphatic heterocycles. The summed E-state index contributed by atoms with van der Waals surface area (Å²) in [5, 5.41) is 10.3. The first-order valence-corrected chi connectivity index (χ1v) is 11.2. The van der Waals surface area contributed by atoms with Gasteiger partial charge < -0.3 is 15.5 Å². The van der Waals surface area contributed by atoms with Crippen LogP contribution in [-0.2, 0) is 6.54 Å². The number of benzene rings is 1. The summed E-state index contributed by atoms with van der Waals surface area (Å²) in [5.74, 6) is 0.810. The molecule has 4 heterocycles. The van der Waals surface area contributed by atoms with E-state index in [1.165, 1.54) is 17.7 Å². The van der Waals surface area contributed by atoms with Crippen LogP contribution < -0.4 is 10.6 Å². The number of nitrogens with one attached hydrogen (secondary N) is 2. The number of carbonyl (C=O) groups excluding carboxylic acids is 2. The van der Waals surface area contributed by atoms with E-state index in [0.717, 1.165) is 40.7 Å². The molecule has 0 unspecified atom stereocenters.